The van der Waals surface area contributed by atoms with Gasteiger partial charge in [0.15, 0.2) is 0 Å². The summed E-state index contributed by atoms with van der Waals surface area (Å²) in [5.41, 5.74) is 0.322. The van der Waals surface area contributed by atoms with Crippen LogP contribution in [0.4, 0.5) is 10.1 Å². The van der Waals surface area contributed by atoms with E-state index in [0.29, 0.717) is 11.4 Å². The first-order valence-corrected chi connectivity index (χ1v) is 9.76. The van der Waals surface area contributed by atoms with Gasteiger partial charge in [-0.2, -0.15) is 0 Å². The topological polar surface area (TPSA) is 66.8 Å². The fourth-order valence-corrected chi connectivity index (χ4v) is 3.84. The third-order valence-electron chi connectivity index (χ3n) is 5.11. The Morgan fingerprint density at radius 1 is 1.03 bits per heavy atom. The number of aliphatic hydroxyl groups is 1. The number of ketones is 1. The molecule has 1 saturated heterocycles. The number of para-hydroxylation sites is 1. The van der Waals surface area contributed by atoms with Crippen molar-refractivity contribution >= 4 is 34.7 Å². The average Bonchev–Trinajstić information content (AvgIpc) is 3.05. The van der Waals surface area contributed by atoms with Crippen LogP contribution < -0.4 is 9.64 Å². The van der Waals surface area contributed by atoms with Crippen LogP contribution in [0.15, 0.2) is 78.4 Å². The lowest BCUT2D eigenvalue weighted by molar-refractivity contribution is -0.132. The lowest BCUT2D eigenvalue weighted by Gasteiger charge is -2.25. The summed E-state index contributed by atoms with van der Waals surface area (Å²) in [7, 11) is 1.45. The molecule has 1 N–H and O–H groups in total. The van der Waals surface area contributed by atoms with Gasteiger partial charge in [0.05, 0.1) is 23.7 Å². The molecule has 156 valence electrons. The van der Waals surface area contributed by atoms with Crippen molar-refractivity contribution in [2.75, 3.05) is 12.0 Å². The number of nitrogens with zero attached hydrogens (tertiary/aromatic N) is 1. The molecular formula is C24H17ClFNO4. The smallest absolute Gasteiger partial charge is 0.300 e. The summed E-state index contributed by atoms with van der Waals surface area (Å²) in [6.45, 7) is 0. The molecule has 1 unspecified atom stereocenters. The van der Waals surface area contributed by atoms with Crippen LogP contribution in [0.1, 0.15) is 17.2 Å². The second kappa shape index (κ2) is 8.24. The maximum absolute atomic E-state index is 14.8. The minimum atomic E-state index is -1.18. The lowest BCUT2D eigenvalue weighted by atomic mass is 9.94. The van der Waals surface area contributed by atoms with E-state index in [2.05, 4.69) is 0 Å². The number of aliphatic hydroxyl groups excluding tert-OH is 1. The Kier molecular flexibility index (Phi) is 5.48. The van der Waals surface area contributed by atoms with E-state index < -0.39 is 29.3 Å². The molecule has 0 aromatic heterocycles. The first kappa shape index (κ1) is 20.6. The van der Waals surface area contributed by atoms with Crippen LogP contribution in [-0.2, 0) is 9.59 Å². The Labute approximate surface area is 182 Å². The number of hydrogen-bond donors (Lipinski definition) is 1. The minimum Gasteiger partial charge on any atom is -0.507 e. The second-order valence-corrected chi connectivity index (χ2v) is 7.28. The van der Waals surface area contributed by atoms with Crippen LogP contribution in [0.3, 0.4) is 0 Å². The highest BCUT2D eigenvalue weighted by molar-refractivity contribution is 6.52. The molecule has 1 amide bonds. The van der Waals surface area contributed by atoms with Gasteiger partial charge in [0, 0.05) is 16.8 Å². The van der Waals surface area contributed by atoms with Gasteiger partial charge in [-0.05, 0) is 36.4 Å². The van der Waals surface area contributed by atoms with E-state index in [1.165, 1.54) is 42.3 Å². The average molecular weight is 438 g/mol. The quantitative estimate of drug-likeness (QED) is 0.350. The first-order chi connectivity index (χ1) is 14.9. The number of ether oxygens (including phenoxy) is 1. The maximum Gasteiger partial charge on any atom is 0.300 e. The summed E-state index contributed by atoms with van der Waals surface area (Å²) in [5.74, 6) is -2.54. The predicted octanol–water partition coefficient (Wildman–Crippen LogP) is 5.11. The van der Waals surface area contributed by atoms with Crippen molar-refractivity contribution in [3.8, 4) is 5.75 Å². The van der Waals surface area contributed by atoms with Gasteiger partial charge >= 0.3 is 0 Å². The van der Waals surface area contributed by atoms with Gasteiger partial charge in [0.1, 0.15) is 17.3 Å². The number of benzene rings is 3. The third-order valence-corrected chi connectivity index (χ3v) is 5.44. The number of methoxy groups -OCH3 is 1. The number of amides is 1. The highest BCUT2D eigenvalue weighted by Gasteiger charge is 2.47. The number of halogens is 2. The largest absolute Gasteiger partial charge is 0.507 e. The number of carbonyl (C=O) groups excluding carboxylic acids is 2. The predicted molar refractivity (Wildman–Crippen MR) is 116 cm³/mol. The van der Waals surface area contributed by atoms with Crippen molar-refractivity contribution in [2.45, 2.75) is 6.04 Å². The number of carbonyl (C=O) groups is 2. The van der Waals surface area contributed by atoms with Crippen LogP contribution >= 0.6 is 11.6 Å². The molecular weight excluding hydrogens is 421 g/mol. The summed E-state index contributed by atoms with van der Waals surface area (Å²) < 4.78 is 20.0. The molecule has 5 nitrogen and oxygen atoms in total. The summed E-state index contributed by atoms with van der Waals surface area (Å²) >= 11 is 6.26. The summed E-state index contributed by atoms with van der Waals surface area (Å²) in [6, 6.07) is 17.6. The van der Waals surface area contributed by atoms with E-state index in [-0.39, 0.29) is 21.7 Å². The molecule has 1 atom stereocenters. The zero-order valence-corrected chi connectivity index (χ0v) is 17.1. The van der Waals surface area contributed by atoms with Gasteiger partial charge in [-0.15, -0.1) is 0 Å². The molecule has 7 heteroatoms. The maximum atomic E-state index is 14.8. The molecule has 0 spiro atoms. The van der Waals surface area contributed by atoms with E-state index in [9.17, 15) is 19.1 Å². The molecule has 1 heterocycles. The van der Waals surface area contributed by atoms with Crippen molar-refractivity contribution in [2.24, 2.45) is 0 Å². The van der Waals surface area contributed by atoms with Crippen LogP contribution in [-0.4, -0.2) is 23.9 Å². The fraction of sp³-hybridized carbons (Fsp3) is 0.0833. The van der Waals surface area contributed by atoms with Gasteiger partial charge in [-0.1, -0.05) is 48.0 Å². The number of rotatable bonds is 4. The Bertz CT molecular complexity index is 1210. The first-order valence-electron chi connectivity index (χ1n) is 9.38. The molecule has 0 bridgehead atoms. The number of hydrogen-bond acceptors (Lipinski definition) is 4. The lowest BCUT2D eigenvalue weighted by Crippen LogP contribution is -2.29. The van der Waals surface area contributed by atoms with Crippen LogP contribution in [0.25, 0.3) is 5.76 Å². The summed E-state index contributed by atoms with van der Waals surface area (Å²) in [6.07, 6.45) is 0. The molecule has 1 fully saturated rings. The molecule has 0 radical (unpaired) electrons. The number of anilines is 1. The van der Waals surface area contributed by atoms with Gasteiger partial charge in [-0.3, -0.25) is 14.5 Å². The third kappa shape index (κ3) is 3.55. The van der Waals surface area contributed by atoms with Gasteiger partial charge in [0.2, 0.25) is 0 Å². The second-order valence-electron chi connectivity index (χ2n) is 6.87. The Balaban J connectivity index is 2.00. The van der Waals surface area contributed by atoms with E-state index in [1.54, 1.807) is 42.5 Å². The zero-order chi connectivity index (χ0) is 22.1. The molecule has 31 heavy (non-hydrogen) atoms. The minimum absolute atomic E-state index is 0.0751. The van der Waals surface area contributed by atoms with Crippen LogP contribution in [0.2, 0.25) is 5.02 Å². The highest BCUT2D eigenvalue weighted by Crippen LogP contribution is 2.43. The van der Waals surface area contributed by atoms with Crippen molar-refractivity contribution in [1.82, 2.24) is 0 Å². The van der Waals surface area contributed by atoms with Crippen molar-refractivity contribution in [3.63, 3.8) is 0 Å². The fourth-order valence-electron chi connectivity index (χ4n) is 3.64. The molecule has 1 aliphatic heterocycles. The van der Waals surface area contributed by atoms with Crippen molar-refractivity contribution in [3.05, 3.63) is 100 Å². The summed E-state index contributed by atoms with van der Waals surface area (Å²) in [5, 5.41) is 11.3. The molecule has 1 aliphatic rings. The van der Waals surface area contributed by atoms with E-state index in [0.717, 1.165) is 0 Å². The van der Waals surface area contributed by atoms with Gasteiger partial charge in [-0.25, -0.2) is 4.39 Å². The molecule has 0 saturated carbocycles. The van der Waals surface area contributed by atoms with Crippen LogP contribution in [0, 0.1) is 5.82 Å². The Morgan fingerprint density at radius 3 is 2.39 bits per heavy atom. The summed E-state index contributed by atoms with van der Waals surface area (Å²) in [4.78, 5) is 27.2. The zero-order valence-electron chi connectivity index (χ0n) is 16.4. The van der Waals surface area contributed by atoms with E-state index >= 15 is 0 Å². The molecule has 3 aromatic rings. The Morgan fingerprint density at radius 2 is 1.71 bits per heavy atom. The molecule has 3 aromatic carbocycles. The standard InChI is InChI=1S/C24H17ClFNO4/c1-31-15-11-12-18(25)17(13-15)22(28)20-21(16-9-5-6-10-19(16)26)27(24(30)23(20)29)14-7-3-2-4-8-14/h2-13,21,28H,1H3/b22-20+. The van der Waals surface area contributed by atoms with E-state index in [1.807, 2.05) is 0 Å². The highest BCUT2D eigenvalue weighted by atomic mass is 35.5. The molecule has 4 rings (SSSR count). The normalized spacial score (nSPS) is 17.8. The van der Waals surface area contributed by atoms with Gasteiger partial charge in [0.25, 0.3) is 11.7 Å². The number of Topliss-reactive ketones (excluding diaryl/α,β-unsaturated/α-hetero) is 1. The van der Waals surface area contributed by atoms with Crippen molar-refractivity contribution < 1.29 is 23.8 Å². The Hall–Kier alpha value is -3.64. The van der Waals surface area contributed by atoms with Crippen LogP contribution in [0.5, 0.6) is 5.75 Å². The van der Waals surface area contributed by atoms with Crippen molar-refractivity contribution in [1.29, 1.82) is 0 Å². The molecule has 0 aliphatic carbocycles. The SMILES string of the molecule is COc1ccc(Cl)c(/C(O)=C2\C(=O)C(=O)N(c3ccccc3)C2c2ccccc2F)c1. The van der Waals surface area contributed by atoms with E-state index in [4.69, 9.17) is 16.3 Å². The monoisotopic (exact) mass is 437 g/mol. The van der Waals surface area contributed by atoms with Gasteiger partial charge < -0.3 is 9.84 Å².